The van der Waals surface area contributed by atoms with Crippen molar-refractivity contribution in [2.75, 3.05) is 39.3 Å². The van der Waals surface area contributed by atoms with Crippen LogP contribution in [0.25, 0.3) is 0 Å². The van der Waals surface area contributed by atoms with Crippen LogP contribution in [0.4, 0.5) is 0 Å². The summed E-state index contributed by atoms with van der Waals surface area (Å²) < 4.78 is 0. The molecule has 2 unspecified atom stereocenters. The predicted molar refractivity (Wildman–Crippen MR) is 139 cm³/mol. The Kier molecular flexibility index (Phi) is 11.1. The van der Waals surface area contributed by atoms with E-state index in [9.17, 15) is 4.79 Å². The number of hydrogen-bond acceptors (Lipinski definition) is 3. The molecule has 2 aliphatic rings. The van der Waals surface area contributed by atoms with Gasteiger partial charge in [-0.25, -0.2) is 0 Å². The minimum atomic E-state index is 0. The summed E-state index contributed by atoms with van der Waals surface area (Å²) in [7, 11) is 0. The van der Waals surface area contributed by atoms with E-state index in [1.807, 2.05) is 11.8 Å². The minimum Gasteiger partial charge on any atom is -0.357 e. The average Bonchev–Trinajstić information content (AvgIpc) is 3.24. The first kappa shape index (κ1) is 25.9. The number of rotatable bonds is 7. The number of guanidine groups is 1. The summed E-state index contributed by atoms with van der Waals surface area (Å²) >= 11 is 0. The van der Waals surface area contributed by atoms with E-state index >= 15 is 0 Å². The number of hydrogen-bond donors (Lipinski definition) is 2. The standard InChI is InChI=1S/C24H39N5O.HI/c1-4-23(30)29-16-13-21(18-29)27-24(25-5-2)26-17-22(20-9-7-6-8-10-20)28-14-11-19(3)12-15-28;/h6-10,19,21-22H,4-5,11-18H2,1-3H3,(H2,25,26,27);1H. The Morgan fingerprint density at radius 1 is 1.13 bits per heavy atom. The van der Waals surface area contributed by atoms with Crippen molar-refractivity contribution in [3.8, 4) is 0 Å². The summed E-state index contributed by atoms with van der Waals surface area (Å²) in [5, 5.41) is 6.97. The molecule has 0 aromatic heterocycles. The van der Waals surface area contributed by atoms with Crippen molar-refractivity contribution in [2.45, 2.75) is 58.5 Å². The van der Waals surface area contributed by atoms with Gasteiger partial charge in [0, 0.05) is 32.1 Å². The van der Waals surface area contributed by atoms with E-state index in [-0.39, 0.29) is 35.9 Å². The van der Waals surface area contributed by atoms with E-state index in [0.29, 0.717) is 12.5 Å². The Morgan fingerprint density at radius 3 is 2.48 bits per heavy atom. The van der Waals surface area contributed by atoms with Crippen LogP contribution in [-0.2, 0) is 4.79 Å². The summed E-state index contributed by atoms with van der Waals surface area (Å²) in [6.07, 6.45) is 4.07. The molecule has 2 heterocycles. The lowest BCUT2D eigenvalue weighted by Gasteiger charge is -2.36. The highest BCUT2D eigenvalue weighted by Gasteiger charge is 2.27. The molecule has 1 amide bonds. The van der Waals surface area contributed by atoms with E-state index in [1.165, 1.54) is 18.4 Å². The number of nitrogens with zero attached hydrogens (tertiary/aromatic N) is 3. The third kappa shape index (κ3) is 7.63. The van der Waals surface area contributed by atoms with Gasteiger partial charge < -0.3 is 15.5 Å². The van der Waals surface area contributed by atoms with Crippen LogP contribution in [0.3, 0.4) is 0 Å². The van der Waals surface area contributed by atoms with Gasteiger partial charge in [0.2, 0.25) is 5.91 Å². The summed E-state index contributed by atoms with van der Waals surface area (Å²) in [6.45, 7) is 11.8. The Balaban J connectivity index is 0.00000341. The summed E-state index contributed by atoms with van der Waals surface area (Å²) in [5.41, 5.74) is 1.34. The zero-order valence-corrected chi connectivity index (χ0v) is 21.7. The molecule has 2 atom stereocenters. The summed E-state index contributed by atoms with van der Waals surface area (Å²) in [6, 6.07) is 11.4. The first-order valence-corrected chi connectivity index (χ1v) is 11.7. The fourth-order valence-corrected chi connectivity index (χ4v) is 4.47. The maximum absolute atomic E-state index is 12.0. The van der Waals surface area contributed by atoms with Crippen LogP contribution in [0.15, 0.2) is 35.3 Å². The highest BCUT2D eigenvalue weighted by molar-refractivity contribution is 14.0. The van der Waals surface area contributed by atoms with Crippen molar-refractivity contribution >= 4 is 35.8 Å². The number of likely N-dealkylation sites (tertiary alicyclic amines) is 2. The molecule has 0 saturated carbocycles. The second kappa shape index (κ2) is 13.3. The van der Waals surface area contributed by atoms with E-state index in [1.54, 1.807) is 0 Å². The second-order valence-electron chi connectivity index (χ2n) is 8.69. The highest BCUT2D eigenvalue weighted by atomic mass is 127. The number of halogens is 1. The van der Waals surface area contributed by atoms with Crippen LogP contribution in [0, 0.1) is 5.92 Å². The van der Waals surface area contributed by atoms with Gasteiger partial charge in [0.05, 0.1) is 12.6 Å². The first-order valence-electron chi connectivity index (χ1n) is 11.7. The molecule has 0 radical (unpaired) electrons. The van der Waals surface area contributed by atoms with Gasteiger partial charge in [0.1, 0.15) is 0 Å². The molecule has 7 heteroatoms. The van der Waals surface area contributed by atoms with Crippen molar-refractivity contribution in [3.63, 3.8) is 0 Å². The van der Waals surface area contributed by atoms with E-state index in [0.717, 1.165) is 57.6 Å². The summed E-state index contributed by atoms with van der Waals surface area (Å²) in [5.74, 6) is 1.92. The molecule has 1 aromatic carbocycles. The lowest BCUT2D eigenvalue weighted by Crippen LogP contribution is -2.45. The number of carbonyl (C=O) groups excluding carboxylic acids is 1. The van der Waals surface area contributed by atoms with Gasteiger partial charge in [-0.1, -0.05) is 44.2 Å². The van der Waals surface area contributed by atoms with Crippen LogP contribution >= 0.6 is 24.0 Å². The number of carbonyl (C=O) groups is 1. The van der Waals surface area contributed by atoms with Gasteiger partial charge in [0.15, 0.2) is 5.96 Å². The zero-order chi connectivity index (χ0) is 21.3. The number of piperidine rings is 1. The molecule has 2 fully saturated rings. The monoisotopic (exact) mass is 541 g/mol. The highest BCUT2D eigenvalue weighted by Crippen LogP contribution is 2.27. The zero-order valence-electron chi connectivity index (χ0n) is 19.3. The minimum absolute atomic E-state index is 0. The molecule has 174 valence electrons. The SMILES string of the molecule is CCNC(=NCC(c1ccccc1)N1CCC(C)CC1)NC1CCN(C(=O)CC)C1.I. The van der Waals surface area contributed by atoms with Crippen molar-refractivity contribution in [3.05, 3.63) is 35.9 Å². The maximum Gasteiger partial charge on any atom is 0.222 e. The molecule has 6 nitrogen and oxygen atoms in total. The van der Waals surface area contributed by atoms with Gasteiger partial charge in [0.25, 0.3) is 0 Å². The Hall–Kier alpha value is -1.35. The van der Waals surface area contributed by atoms with Crippen molar-refractivity contribution in [1.29, 1.82) is 0 Å². The molecule has 3 rings (SSSR count). The van der Waals surface area contributed by atoms with Gasteiger partial charge >= 0.3 is 0 Å². The molecule has 2 N–H and O–H groups in total. The smallest absolute Gasteiger partial charge is 0.222 e. The second-order valence-corrected chi connectivity index (χ2v) is 8.69. The third-order valence-electron chi connectivity index (χ3n) is 6.39. The van der Waals surface area contributed by atoms with Gasteiger partial charge in [-0.05, 0) is 50.8 Å². The van der Waals surface area contributed by atoms with Crippen LogP contribution < -0.4 is 10.6 Å². The van der Waals surface area contributed by atoms with Crippen LogP contribution in [0.5, 0.6) is 0 Å². The topological polar surface area (TPSA) is 60.0 Å². The Bertz CT molecular complexity index is 690. The molecule has 2 saturated heterocycles. The predicted octanol–water partition coefficient (Wildman–Crippen LogP) is 3.64. The number of nitrogens with one attached hydrogen (secondary N) is 2. The third-order valence-corrected chi connectivity index (χ3v) is 6.39. The van der Waals surface area contributed by atoms with Crippen molar-refractivity contribution < 1.29 is 4.79 Å². The molecule has 0 bridgehead atoms. The van der Waals surface area contributed by atoms with Gasteiger partial charge in [-0.2, -0.15) is 0 Å². The fourth-order valence-electron chi connectivity index (χ4n) is 4.47. The lowest BCUT2D eigenvalue weighted by atomic mass is 9.96. The Labute approximate surface area is 205 Å². The van der Waals surface area contributed by atoms with E-state index in [2.05, 4.69) is 59.7 Å². The molecule has 31 heavy (non-hydrogen) atoms. The van der Waals surface area contributed by atoms with Crippen LogP contribution in [-0.4, -0.2) is 67.0 Å². The van der Waals surface area contributed by atoms with Crippen molar-refractivity contribution in [2.24, 2.45) is 10.9 Å². The van der Waals surface area contributed by atoms with E-state index < -0.39 is 0 Å². The number of benzene rings is 1. The Morgan fingerprint density at radius 2 is 1.84 bits per heavy atom. The fraction of sp³-hybridized carbons (Fsp3) is 0.667. The molecule has 0 spiro atoms. The largest absolute Gasteiger partial charge is 0.357 e. The maximum atomic E-state index is 12.0. The number of amides is 1. The molecular weight excluding hydrogens is 501 g/mol. The molecule has 1 aromatic rings. The number of aliphatic imine (C=N–C) groups is 1. The molecule has 0 aliphatic carbocycles. The quantitative estimate of drug-likeness (QED) is 0.315. The average molecular weight is 542 g/mol. The van der Waals surface area contributed by atoms with Gasteiger partial charge in [-0.3, -0.25) is 14.7 Å². The van der Waals surface area contributed by atoms with Gasteiger partial charge in [-0.15, -0.1) is 24.0 Å². The van der Waals surface area contributed by atoms with Crippen molar-refractivity contribution in [1.82, 2.24) is 20.4 Å². The molecule has 2 aliphatic heterocycles. The van der Waals surface area contributed by atoms with E-state index in [4.69, 9.17) is 4.99 Å². The first-order chi connectivity index (χ1) is 14.6. The van der Waals surface area contributed by atoms with Crippen LogP contribution in [0.2, 0.25) is 0 Å². The molecular formula is C24H40IN5O. The van der Waals surface area contributed by atoms with Crippen LogP contribution in [0.1, 0.15) is 58.1 Å². The lowest BCUT2D eigenvalue weighted by molar-refractivity contribution is -0.129. The summed E-state index contributed by atoms with van der Waals surface area (Å²) in [4.78, 5) is 21.5. The normalized spacial score (nSPS) is 21.5.